The van der Waals surface area contributed by atoms with E-state index in [4.69, 9.17) is 23.4 Å². The molecule has 0 saturated carbocycles. The summed E-state index contributed by atoms with van der Waals surface area (Å²) in [6.07, 6.45) is 0. The van der Waals surface area contributed by atoms with Gasteiger partial charge in [0.05, 0.1) is 5.75 Å². The monoisotopic (exact) mass is 305 g/mol. The Labute approximate surface area is 119 Å². The van der Waals surface area contributed by atoms with Gasteiger partial charge in [-0.25, -0.2) is 4.98 Å². The molecule has 1 aromatic rings. The van der Waals surface area contributed by atoms with Crippen molar-refractivity contribution in [1.29, 1.82) is 5.41 Å². The number of anilines is 1. The van der Waals surface area contributed by atoms with E-state index in [0.717, 1.165) is 23.9 Å². The Balaban J connectivity index is 2.17. The van der Waals surface area contributed by atoms with Gasteiger partial charge in [0.25, 0.3) is 0 Å². The predicted octanol–water partition coefficient (Wildman–Crippen LogP) is 0.171. The van der Waals surface area contributed by atoms with Crippen LogP contribution >= 0.6 is 35.5 Å². The summed E-state index contributed by atoms with van der Waals surface area (Å²) >= 11 is 7.85. The highest BCUT2D eigenvalue weighted by Crippen LogP contribution is 2.14. The quantitative estimate of drug-likeness (QED) is 0.219. The molecule has 0 saturated heterocycles. The molecule has 0 amide bonds. The van der Waals surface area contributed by atoms with Gasteiger partial charge < -0.3 is 21.7 Å². The molecule has 0 aliphatic heterocycles. The summed E-state index contributed by atoms with van der Waals surface area (Å²) in [5.74, 6) is 2.25. The number of hydrogen-bond donors (Lipinski definition) is 5. The molecule has 100 valence electrons. The largest absolute Gasteiger partial charge is 0.370 e. The minimum atomic E-state index is -0.130. The lowest BCUT2D eigenvalue weighted by atomic mass is 10.7. The van der Waals surface area contributed by atoms with E-state index < -0.39 is 0 Å². The molecule has 0 aliphatic carbocycles. The zero-order valence-electron chi connectivity index (χ0n) is 9.82. The summed E-state index contributed by atoms with van der Waals surface area (Å²) in [4.78, 5) is 4.20. The summed E-state index contributed by atoms with van der Waals surface area (Å²) in [5, 5.41) is 16.8. The molecule has 1 rings (SSSR count). The highest BCUT2D eigenvalue weighted by atomic mass is 32.2. The van der Waals surface area contributed by atoms with Crippen molar-refractivity contribution in [2.45, 2.75) is 5.75 Å². The van der Waals surface area contributed by atoms with Crippen LogP contribution in [0.15, 0.2) is 0 Å². The lowest BCUT2D eigenvalue weighted by Crippen LogP contribution is -2.33. The van der Waals surface area contributed by atoms with Crippen LogP contribution in [-0.2, 0) is 5.75 Å². The van der Waals surface area contributed by atoms with Crippen molar-refractivity contribution >= 4 is 51.7 Å². The Kier molecular flexibility index (Phi) is 6.68. The summed E-state index contributed by atoms with van der Waals surface area (Å²) in [5.41, 5.74) is 5.19. The van der Waals surface area contributed by atoms with Crippen LogP contribution in [0.3, 0.4) is 0 Å². The third-order valence-electron chi connectivity index (χ3n) is 1.70. The maximum Gasteiger partial charge on any atom is 0.209 e. The van der Waals surface area contributed by atoms with Gasteiger partial charge in [0, 0.05) is 30.9 Å². The minimum Gasteiger partial charge on any atom is -0.370 e. The second-order valence-corrected chi connectivity index (χ2v) is 5.38. The normalized spacial score (nSPS) is 9.83. The first-order chi connectivity index (χ1) is 8.61. The summed E-state index contributed by atoms with van der Waals surface area (Å²) in [6, 6.07) is 0. The van der Waals surface area contributed by atoms with Crippen molar-refractivity contribution in [3.8, 4) is 0 Å². The number of nitrogens with one attached hydrogen (secondary N) is 4. The van der Waals surface area contributed by atoms with Gasteiger partial charge in [-0.15, -0.1) is 0 Å². The van der Waals surface area contributed by atoms with Gasteiger partial charge in [-0.05, 0) is 12.2 Å². The van der Waals surface area contributed by atoms with Crippen LogP contribution in [-0.4, -0.2) is 39.8 Å². The number of thiocarbonyl (C=S) groups is 1. The van der Waals surface area contributed by atoms with Gasteiger partial charge in [-0.2, -0.15) is 16.1 Å². The average molecular weight is 305 g/mol. The van der Waals surface area contributed by atoms with Crippen molar-refractivity contribution in [1.82, 2.24) is 20.0 Å². The van der Waals surface area contributed by atoms with Gasteiger partial charge in [0.2, 0.25) is 5.13 Å². The molecule has 0 unspecified atom stereocenters. The molecule has 18 heavy (non-hydrogen) atoms. The molecule has 0 aromatic carbocycles. The Bertz CT molecular complexity index is 405. The first-order valence-corrected chi connectivity index (χ1v) is 7.42. The Hall–Kier alpha value is -1.13. The molecule has 0 atom stereocenters. The molecule has 0 bridgehead atoms. The Morgan fingerprint density at radius 2 is 2.39 bits per heavy atom. The van der Waals surface area contributed by atoms with Gasteiger partial charge in [-0.3, -0.25) is 5.41 Å². The zero-order chi connectivity index (χ0) is 13.4. The number of aromatic nitrogens is 2. The third kappa shape index (κ3) is 5.98. The van der Waals surface area contributed by atoms with Crippen molar-refractivity contribution in [3.05, 3.63) is 5.82 Å². The number of nitrogens with two attached hydrogens (primary N) is 1. The molecule has 0 radical (unpaired) electrons. The number of thioether (sulfide) groups is 1. The van der Waals surface area contributed by atoms with Crippen LogP contribution < -0.4 is 21.7 Å². The van der Waals surface area contributed by atoms with Crippen molar-refractivity contribution in [2.75, 3.05) is 24.7 Å². The van der Waals surface area contributed by atoms with Crippen LogP contribution in [0.1, 0.15) is 5.82 Å². The molecule has 6 N–H and O–H groups in total. The van der Waals surface area contributed by atoms with E-state index >= 15 is 0 Å². The van der Waals surface area contributed by atoms with E-state index in [1.54, 1.807) is 18.8 Å². The second kappa shape index (κ2) is 8.06. The summed E-state index contributed by atoms with van der Waals surface area (Å²) < 4.78 is 4.15. The van der Waals surface area contributed by atoms with Gasteiger partial charge >= 0.3 is 0 Å². The fourth-order valence-corrected chi connectivity index (χ4v) is 2.45. The first kappa shape index (κ1) is 14.9. The zero-order valence-corrected chi connectivity index (χ0v) is 12.3. The smallest absolute Gasteiger partial charge is 0.209 e. The van der Waals surface area contributed by atoms with E-state index in [1.165, 1.54) is 11.5 Å². The maximum absolute atomic E-state index is 7.07. The summed E-state index contributed by atoms with van der Waals surface area (Å²) in [6.45, 7) is 0.799. The third-order valence-corrected chi connectivity index (χ3v) is 3.67. The highest BCUT2D eigenvalue weighted by Gasteiger charge is 2.04. The molecular formula is C8H15N7S3. The molecule has 1 heterocycles. The van der Waals surface area contributed by atoms with Gasteiger partial charge in [0.1, 0.15) is 0 Å². The Morgan fingerprint density at radius 3 is 3.06 bits per heavy atom. The minimum absolute atomic E-state index is 0.130. The average Bonchev–Trinajstić information content (AvgIpc) is 2.75. The van der Waals surface area contributed by atoms with Gasteiger partial charge in [0.15, 0.2) is 16.9 Å². The number of rotatable bonds is 6. The SMILES string of the molecule is CNC(=S)NCCSCc1nsc(NC(=N)N)n1. The van der Waals surface area contributed by atoms with Crippen molar-refractivity contribution in [3.63, 3.8) is 0 Å². The molecule has 7 nitrogen and oxygen atoms in total. The highest BCUT2D eigenvalue weighted by molar-refractivity contribution is 7.98. The molecule has 1 aromatic heterocycles. The van der Waals surface area contributed by atoms with Crippen LogP contribution in [0.2, 0.25) is 0 Å². The van der Waals surface area contributed by atoms with Crippen LogP contribution in [0.25, 0.3) is 0 Å². The van der Waals surface area contributed by atoms with Crippen LogP contribution in [0.5, 0.6) is 0 Å². The fourth-order valence-electron chi connectivity index (χ4n) is 0.967. The molecule has 0 fully saturated rings. The van der Waals surface area contributed by atoms with Crippen molar-refractivity contribution < 1.29 is 0 Å². The maximum atomic E-state index is 7.07. The first-order valence-electron chi connectivity index (χ1n) is 5.08. The molecule has 10 heteroatoms. The lowest BCUT2D eigenvalue weighted by molar-refractivity contribution is 0.942. The van der Waals surface area contributed by atoms with E-state index in [1.807, 2.05) is 0 Å². The van der Waals surface area contributed by atoms with E-state index in [0.29, 0.717) is 10.2 Å². The second-order valence-electron chi connectivity index (χ2n) is 3.11. The van der Waals surface area contributed by atoms with Gasteiger partial charge in [-0.1, -0.05) is 0 Å². The number of guanidine groups is 1. The molecule has 0 spiro atoms. The predicted molar refractivity (Wildman–Crippen MR) is 81.3 cm³/mol. The topological polar surface area (TPSA) is 112 Å². The van der Waals surface area contributed by atoms with Crippen molar-refractivity contribution in [2.24, 2.45) is 5.73 Å². The van der Waals surface area contributed by atoms with E-state index in [2.05, 4.69) is 25.3 Å². The van der Waals surface area contributed by atoms with E-state index in [-0.39, 0.29) is 5.96 Å². The summed E-state index contributed by atoms with van der Waals surface area (Å²) in [7, 11) is 1.78. The molecular weight excluding hydrogens is 290 g/mol. The Morgan fingerprint density at radius 1 is 1.61 bits per heavy atom. The molecule has 0 aliphatic rings. The van der Waals surface area contributed by atoms with Crippen LogP contribution in [0.4, 0.5) is 5.13 Å². The number of nitrogens with zero attached hydrogens (tertiary/aromatic N) is 2. The lowest BCUT2D eigenvalue weighted by Gasteiger charge is -2.05. The number of hydrogen-bond acceptors (Lipinski definition) is 6. The standard InChI is InChI=1S/C8H15N7S3/c1-11-7(16)12-2-3-17-4-5-13-8(18-15-5)14-6(9)10/h2-4H2,1H3,(H2,11,12,16)(H4,9,10,13,14,15). The fraction of sp³-hybridized carbons (Fsp3) is 0.500. The van der Waals surface area contributed by atoms with Crippen LogP contribution in [0, 0.1) is 5.41 Å². The van der Waals surface area contributed by atoms with E-state index in [9.17, 15) is 0 Å².